The van der Waals surface area contributed by atoms with Gasteiger partial charge in [-0.3, -0.25) is 14.4 Å². The molecule has 0 saturated carbocycles. The second-order valence-electron chi connectivity index (χ2n) is 9.08. The van der Waals surface area contributed by atoms with Crippen LogP contribution in [0.25, 0.3) is 0 Å². The van der Waals surface area contributed by atoms with Gasteiger partial charge in [0.25, 0.3) is 15.9 Å². The maximum absolute atomic E-state index is 13.4. The van der Waals surface area contributed by atoms with Gasteiger partial charge in [-0.1, -0.05) is 48.9 Å². The number of nitrogens with one attached hydrogen (secondary N) is 1. The van der Waals surface area contributed by atoms with E-state index in [4.69, 9.17) is 0 Å². The van der Waals surface area contributed by atoms with E-state index in [-0.39, 0.29) is 54.2 Å². The summed E-state index contributed by atoms with van der Waals surface area (Å²) in [5.74, 6) is -1.07. The Kier molecular flexibility index (Phi) is 8.32. The highest BCUT2D eigenvalue weighted by Gasteiger charge is 2.40. The van der Waals surface area contributed by atoms with E-state index in [9.17, 15) is 22.8 Å². The van der Waals surface area contributed by atoms with E-state index in [2.05, 4.69) is 5.32 Å². The van der Waals surface area contributed by atoms with E-state index in [0.717, 1.165) is 15.4 Å². The number of amides is 3. The molecule has 1 atom stereocenters. The minimum Gasteiger partial charge on any atom is -0.352 e. The second kappa shape index (κ2) is 11.0. The minimum absolute atomic E-state index is 0.00574. The number of nitrogens with zero attached hydrogens (tertiary/aromatic N) is 2. The van der Waals surface area contributed by atoms with Crippen molar-refractivity contribution >= 4 is 27.7 Å². The van der Waals surface area contributed by atoms with Gasteiger partial charge in [0, 0.05) is 25.6 Å². The summed E-state index contributed by atoms with van der Waals surface area (Å²) in [6, 6.07) is 13.1. The number of aryl methyl sites for hydroxylation is 1. The van der Waals surface area contributed by atoms with Crippen LogP contribution in [0.4, 0.5) is 0 Å². The van der Waals surface area contributed by atoms with Crippen molar-refractivity contribution in [1.29, 1.82) is 0 Å². The van der Waals surface area contributed by atoms with E-state index in [1.807, 2.05) is 52.0 Å². The summed E-state index contributed by atoms with van der Waals surface area (Å²) in [6.45, 7) is 7.70. The van der Waals surface area contributed by atoms with E-state index < -0.39 is 22.0 Å². The maximum atomic E-state index is 13.4. The molecule has 0 saturated heterocycles. The molecule has 3 amide bonds. The molecule has 2 aromatic carbocycles. The summed E-state index contributed by atoms with van der Waals surface area (Å²) in [4.78, 5) is 40.4. The van der Waals surface area contributed by atoms with Gasteiger partial charge in [0.15, 0.2) is 0 Å². The number of rotatable bonds is 10. The Morgan fingerprint density at radius 3 is 2.43 bits per heavy atom. The number of carbonyl (C=O) groups excluding carboxylic acids is 3. The monoisotopic (exact) mass is 499 g/mol. The number of carbonyl (C=O) groups is 3. The largest absolute Gasteiger partial charge is 0.352 e. The van der Waals surface area contributed by atoms with Crippen molar-refractivity contribution in [3.63, 3.8) is 0 Å². The van der Waals surface area contributed by atoms with E-state index in [0.29, 0.717) is 6.42 Å². The van der Waals surface area contributed by atoms with Gasteiger partial charge in [-0.15, -0.1) is 0 Å². The van der Waals surface area contributed by atoms with Gasteiger partial charge in [-0.25, -0.2) is 12.7 Å². The first-order chi connectivity index (χ1) is 16.6. The molecule has 0 bridgehead atoms. The second-order valence-corrected chi connectivity index (χ2v) is 10.9. The molecule has 1 N–H and O–H groups in total. The van der Waals surface area contributed by atoms with Crippen molar-refractivity contribution in [3.8, 4) is 0 Å². The lowest BCUT2D eigenvalue weighted by molar-refractivity contribution is -0.141. The predicted molar refractivity (Wildman–Crippen MR) is 133 cm³/mol. The summed E-state index contributed by atoms with van der Waals surface area (Å²) in [7, 11) is -3.92. The summed E-state index contributed by atoms with van der Waals surface area (Å²) < 4.78 is 26.4. The van der Waals surface area contributed by atoms with Crippen molar-refractivity contribution in [2.24, 2.45) is 0 Å². The highest BCUT2D eigenvalue weighted by molar-refractivity contribution is 7.90. The normalized spacial score (nSPS) is 15.1. The Balaban J connectivity index is 1.75. The van der Waals surface area contributed by atoms with E-state index >= 15 is 0 Å². The smallest absolute Gasteiger partial charge is 0.269 e. The molecule has 188 valence electrons. The molecule has 0 aromatic heterocycles. The van der Waals surface area contributed by atoms with Gasteiger partial charge in [0.05, 0.1) is 5.56 Å². The average molecular weight is 500 g/mol. The Morgan fingerprint density at radius 2 is 1.80 bits per heavy atom. The fourth-order valence-electron chi connectivity index (χ4n) is 4.28. The third-order valence-electron chi connectivity index (χ3n) is 5.92. The fraction of sp³-hybridized carbons (Fsp3) is 0.423. The van der Waals surface area contributed by atoms with Gasteiger partial charge in [-0.05, 0) is 51.3 Å². The number of benzene rings is 2. The highest BCUT2D eigenvalue weighted by Crippen LogP contribution is 2.30. The van der Waals surface area contributed by atoms with Crippen molar-refractivity contribution in [2.45, 2.75) is 70.5 Å². The molecule has 1 heterocycles. The zero-order valence-electron chi connectivity index (χ0n) is 20.7. The van der Waals surface area contributed by atoms with E-state index in [1.165, 1.54) is 12.1 Å². The third kappa shape index (κ3) is 5.90. The zero-order chi connectivity index (χ0) is 25.8. The van der Waals surface area contributed by atoms with Gasteiger partial charge >= 0.3 is 0 Å². The van der Waals surface area contributed by atoms with Crippen LogP contribution in [0, 0.1) is 6.92 Å². The molecule has 0 fully saturated rings. The van der Waals surface area contributed by atoms with Crippen LogP contribution in [0.3, 0.4) is 0 Å². The lowest BCUT2D eigenvalue weighted by Gasteiger charge is -2.31. The molecular weight excluding hydrogens is 466 g/mol. The summed E-state index contributed by atoms with van der Waals surface area (Å²) in [6.07, 6.45) is 0.599. The molecule has 9 heteroatoms. The first kappa shape index (κ1) is 26.4. The van der Waals surface area contributed by atoms with Crippen LogP contribution in [0.2, 0.25) is 0 Å². The molecule has 8 nitrogen and oxygen atoms in total. The summed E-state index contributed by atoms with van der Waals surface area (Å²) in [5.41, 5.74) is 2.10. The molecule has 35 heavy (non-hydrogen) atoms. The molecule has 0 aliphatic carbocycles. The van der Waals surface area contributed by atoms with Crippen LogP contribution < -0.4 is 5.32 Å². The Bertz CT molecular complexity index is 1210. The minimum atomic E-state index is -3.92. The van der Waals surface area contributed by atoms with E-state index in [1.54, 1.807) is 17.0 Å². The highest BCUT2D eigenvalue weighted by atomic mass is 32.2. The van der Waals surface area contributed by atoms with Gasteiger partial charge in [-0.2, -0.15) is 0 Å². The molecule has 1 unspecified atom stereocenters. The van der Waals surface area contributed by atoms with Crippen molar-refractivity contribution in [1.82, 2.24) is 14.5 Å². The quantitative estimate of drug-likeness (QED) is 0.540. The summed E-state index contributed by atoms with van der Waals surface area (Å²) in [5, 5.41) is 2.89. The molecule has 0 radical (unpaired) electrons. The van der Waals surface area contributed by atoms with Crippen molar-refractivity contribution in [3.05, 3.63) is 65.2 Å². The van der Waals surface area contributed by atoms with Crippen LogP contribution in [-0.4, -0.2) is 54.0 Å². The van der Waals surface area contributed by atoms with Crippen LogP contribution >= 0.6 is 0 Å². The number of fused-ring (bicyclic) bond motifs is 1. The molecule has 1 aliphatic heterocycles. The van der Waals surface area contributed by atoms with Crippen LogP contribution in [0.15, 0.2) is 53.4 Å². The molecule has 0 spiro atoms. The predicted octanol–water partition coefficient (Wildman–Crippen LogP) is 3.25. The lowest BCUT2D eigenvalue weighted by atomic mass is 10.1. The summed E-state index contributed by atoms with van der Waals surface area (Å²) >= 11 is 0. The fourth-order valence-corrected chi connectivity index (χ4v) is 5.88. The van der Waals surface area contributed by atoms with Crippen LogP contribution in [0.1, 0.15) is 61.5 Å². The maximum Gasteiger partial charge on any atom is 0.269 e. The van der Waals surface area contributed by atoms with Crippen molar-refractivity contribution in [2.75, 3.05) is 6.54 Å². The third-order valence-corrected chi connectivity index (χ3v) is 7.76. The van der Waals surface area contributed by atoms with Crippen molar-refractivity contribution < 1.29 is 22.8 Å². The number of hydrogen-bond acceptors (Lipinski definition) is 5. The number of sulfonamides is 1. The number of hydrogen-bond donors (Lipinski definition) is 1. The van der Waals surface area contributed by atoms with Crippen LogP contribution in [-0.2, 0) is 26.2 Å². The Morgan fingerprint density at radius 1 is 1.09 bits per heavy atom. The average Bonchev–Trinajstić information content (AvgIpc) is 2.99. The van der Waals surface area contributed by atoms with Gasteiger partial charge in [0.2, 0.25) is 11.8 Å². The molecule has 1 aliphatic rings. The Labute approximate surface area is 207 Å². The van der Waals surface area contributed by atoms with Crippen LogP contribution in [0.5, 0.6) is 0 Å². The van der Waals surface area contributed by atoms with Gasteiger partial charge in [0.1, 0.15) is 10.9 Å². The zero-order valence-corrected chi connectivity index (χ0v) is 21.5. The first-order valence-corrected chi connectivity index (χ1v) is 13.3. The molecule has 3 rings (SSSR count). The first-order valence-electron chi connectivity index (χ1n) is 11.9. The molecule has 2 aromatic rings. The molecular formula is C26H33N3O5S. The Hall–Kier alpha value is -3.20. The standard InChI is InChI=1S/C26H33N3O5S/c1-5-22(25(31)27-18(2)3)28(17-20-11-8-10-19(4)16-20)24(30)14-9-15-29-26(32)21-12-6-7-13-23(21)35(29,33)34/h6-8,10-13,16,18,22H,5,9,14-15,17H2,1-4H3,(H,27,31). The lowest BCUT2D eigenvalue weighted by Crippen LogP contribution is -2.50. The topological polar surface area (TPSA) is 104 Å². The van der Waals surface area contributed by atoms with Gasteiger partial charge < -0.3 is 10.2 Å². The SMILES string of the molecule is CCC(C(=O)NC(C)C)N(Cc1cccc(C)c1)C(=O)CCCN1C(=O)c2ccccc2S1(=O)=O.